The molecule has 1 amide bonds. The van der Waals surface area contributed by atoms with E-state index >= 15 is 0 Å². The molecule has 0 atom stereocenters. The zero-order valence-corrected chi connectivity index (χ0v) is 8.62. The Morgan fingerprint density at radius 2 is 2.19 bits per heavy atom. The molecule has 0 spiro atoms. The number of methoxy groups -OCH3 is 1. The van der Waals surface area contributed by atoms with Crippen molar-refractivity contribution < 1.29 is 18.7 Å². The van der Waals surface area contributed by atoms with Crippen LogP contribution in [0.25, 0.3) is 0 Å². The summed E-state index contributed by atoms with van der Waals surface area (Å²) in [7, 11) is 1.20. The van der Waals surface area contributed by atoms with Crippen molar-refractivity contribution in [3.8, 4) is 0 Å². The second-order valence-electron chi connectivity index (χ2n) is 2.99. The number of hydrogen-bond acceptors (Lipinski definition) is 4. The first kappa shape index (κ1) is 12.0. The molecular weight excluding hydrogens is 215 g/mol. The number of rotatable bonds is 3. The Morgan fingerprint density at radius 1 is 1.50 bits per heavy atom. The molecule has 86 valence electrons. The summed E-state index contributed by atoms with van der Waals surface area (Å²) in [4.78, 5) is 22.2. The molecule has 0 saturated carbocycles. The molecule has 1 rings (SSSR count). The lowest BCUT2D eigenvalue weighted by molar-refractivity contribution is -0.139. The third-order valence-corrected chi connectivity index (χ3v) is 1.88. The van der Waals surface area contributed by atoms with Crippen molar-refractivity contribution in [2.24, 2.45) is 0 Å². The number of halogens is 1. The number of carbonyl (C=O) groups is 2. The van der Waals surface area contributed by atoms with E-state index in [0.717, 1.165) is 12.1 Å². The molecule has 0 aliphatic rings. The number of esters is 1. The highest BCUT2D eigenvalue weighted by Crippen LogP contribution is 2.12. The lowest BCUT2D eigenvalue weighted by Gasteiger charge is -2.06. The third-order valence-electron chi connectivity index (χ3n) is 1.88. The van der Waals surface area contributed by atoms with Crippen LogP contribution in [0.15, 0.2) is 18.2 Å². The second-order valence-corrected chi connectivity index (χ2v) is 2.99. The molecular formula is C10H11FN2O3. The predicted molar refractivity (Wildman–Crippen MR) is 55.2 cm³/mol. The van der Waals surface area contributed by atoms with Gasteiger partial charge in [-0.05, 0) is 18.2 Å². The van der Waals surface area contributed by atoms with Gasteiger partial charge in [0.05, 0.1) is 12.7 Å². The smallest absolute Gasteiger partial charge is 0.325 e. The summed E-state index contributed by atoms with van der Waals surface area (Å²) in [6, 6.07) is 3.43. The lowest BCUT2D eigenvalue weighted by Crippen LogP contribution is -2.30. The van der Waals surface area contributed by atoms with E-state index in [0.29, 0.717) is 0 Å². The monoisotopic (exact) mass is 226 g/mol. The molecule has 0 aromatic heterocycles. The maximum Gasteiger partial charge on any atom is 0.325 e. The molecule has 0 fully saturated rings. The number of benzene rings is 1. The van der Waals surface area contributed by atoms with Gasteiger partial charge in [0, 0.05) is 5.69 Å². The van der Waals surface area contributed by atoms with Gasteiger partial charge in [-0.2, -0.15) is 0 Å². The minimum absolute atomic E-state index is 0.0103. The Hall–Kier alpha value is -2.11. The summed E-state index contributed by atoms with van der Waals surface area (Å²) >= 11 is 0. The fraction of sp³-hybridized carbons (Fsp3) is 0.200. The largest absolute Gasteiger partial charge is 0.468 e. The Balaban J connectivity index is 2.73. The van der Waals surface area contributed by atoms with Crippen molar-refractivity contribution in [3.05, 3.63) is 29.6 Å². The van der Waals surface area contributed by atoms with Crippen LogP contribution in [0.1, 0.15) is 10.4 Å². The standard InChI is InChI=1S/C10H11FN2O3/c1-16-9(14)5-13-10(15)7-4-6(11)2-3-8(7)12/h2-4H,5,12H2,1H3,(H,13,15). The number of hydrogen-bond donors (Lipinski definition) is 2. The molecule has 0 bridgehead atoms. The number of anilines is 1. The number of amides is 1. The maximum absolute atomic E-state index is 12.8. The zero-order chi connectivity index (χ0) is 12.1. The number of nitrogens with two attached hydrogens (primary N) is 1. The van der Waals surface area contributed by atoms with Crippen molar-refractivity contribution in [2.45, 2.75) is 0 Å². The first-order chi connectivity index (χ1) is 7.54. The highest BCUT2D eigenvalue weighted by Gasteiger charge is 2.11. The average molecular weight is 226 g/mol. The molecule has 0 aliphatic heterocycles. The molecule has 0 saturated heterocycles. The topological polar surface area (TPSA) is 81.4 Å². The van der Waals surface area contributed by atoms with Gasteiger partial charge >= 0.3 is 5.97 Å². The number of carbonyl (C=O) groups excluding carboxylic acids is 2. The third kappa shape index (κ3) is 2.94. The predicted octanol–water partition coefficient (Wildman–Crippen LogP) is 0.311. The molecule has 16 heavy (non-hydrogen) atoms. The molecule has 0 radical (unpaired) electrons. The van der Waals surface area contributed by atoms with E-state index in [1.807, 2.05) is 0 Å². The van der Waals surface area contributed by atoms with Gasteiger partial charge in [-0.15, -0.1) is 0 Å². The van der Waals surface area contributed by atoms with Crippen LogP contribution in [-0.4, -0.2) is 25.5 Å². The zero-order valence-electron chi connectivity index (χ0n) is 8.62. The van der Waals surface area contributed by atoms with Gasteiger partial charge in [0.2, 0.25) is 0 Å². The van der Waals surface area contributed by atoms with E-state index in [-0.39, 0.29) is 17.8 Å². The van der Waals surface area contributed by atoms with Crippen molar-refractivity contribution in [1.82, 2.24) is 5.32 Å². The summed E-state index contributed by atoms with van der Waals surface area (Å²) in [5.41, 5.74) is 5.62. The average Bonchev–Trinajstić information content (AvgIpc) is 2.28. The lowest BCUT2D eigenvalue weighted by atomic mass is 10.1. The van der Waals surface area contributed by atoms with Gasteiger partial charge in [-0.1, -0.05) is 0 Å². The van der Waals surface area contributed by atoms with Crippen LogP contribution < -0.4 is 11.1 Å². The minimum atomic E-state index is -0.623. The maximum atomic E-state index is 12.8. The van der Waals surface area contributed by atoms with Gasteiger partial charge in [-0.25, -0.2) is 4.39 Å². The molecule has 6 heteroatoms. The van der Waals surface area contributed by atoms with Crippen LogP contribution in [0.2, 0.25) is 0 Å². The number of nitrogen functional groups attached to an aromatic ring is 1. The summed E-state index contributed by atoms with van der Waals surface area (Å²) < 4.78 is 17.2. The summed E-state index contributed by atoms with van der Waals surface area (Å²) in [6.45, 7) is -0.286. The van der Waals surface area contributed by atoms with E-state index in [4.69, 9.17) is 5.73 Å². The second kappa shape index (κ2) is 5.11. The molecule has 0 aliphatic carbocycles. The Morgan fingerprint density at radius 3 is 2.81 bits per heavy atom. The summed E-state index contributed by atoms with van der Waals surface area (Å²) in [5.74, 6) is -1.79. The van der Waals surface area contributed by atoms with Gasteiger partial charge < -0.3 is 15.8 Å². The first-order valence-electron chi connectivity index (χ1n) is 4.44. The fourth-order valence-electron chi connectivity index (χ4n) is 1.04. The number of ether oxygens (including phenoxy) is 1. The summed E-state index contributed by atoms with van der Waals surface area (Å²) in [5, 5.41) is 2.26. The molecule has 1 aromatic rings. The summed E-state index contributed by atoms with van der Waals surface area (Å²) in [6.07, 6.45) is 0. The van der Waals surface area contributed by atoms with E-state index in [9.17, 15) is 14.0 Å². The Bertz CT molecular complexity index is 421. The Kier molecular flexibility index (Phi) is 3.82. The minimum Gasteiger partial charge on any atom is -0.468 e. The fourth-order valence-corrected chi connectivity index (χ4v) is 1.04. The van der Waals surface area contributed by atoms with Crippen LogP contribution in [-0.2, 0) is 9.53 Å². The molecule has 3 N–H and O–H groups in total. The van der Waals surface area contributed by atoms with E-state index in [2.05, 4.69) is 10.1 Å². The van der Waals surface area contributed by atoms with Crippen molar-refractivity contribution in [3.63, 3.8) is 0 Å². The van der Waals surface area contributed by atoms with Crippen LogP contribution >= 0.6 is 0 Å². The highest BCUT2D eigenvalue weighted by atomic mass is 19.1. The van der Waals surface area contributed by atoms with Gasteiger partial charge in [0.1, 0.15) is 12.4 Å². The van der Waals surface area contributed by atoms with E-state index in [1.54, 1.807) is 0 Å². The highest BCUT2D eigenvalue weighted by molar-refractivity contribution is 6.00. The van der Waals surface area contributed by atoms with Crippen LogP contribution in [0, 0.1) is 5.82 Å². The molecule has 1 aromatic carbocycles. The quantitative estimate of drug-likeness (QED) is 0.574. The molecule has 0 heterocycles. The van der Waals surface area contributed by atoms with Gasteiger partial charge in [-0.3, -0.25) is 9.59 Å². The van der Waals surface area contributed by atoms with Crippen LogP contribution in [0.4, 0.5) is 10.1 Å². The SMILES string of the molecule is COC(=O)CNC(=O)c1cc(F)ccc1N. The molecule has 5 nitrogen and oxygen atoms in total. The van der Waals surface area contributed by atoms with Crippen LogP contribution in [0.5, 0.6) is 0 Å². The number of nitrogens with one attached hydrogen (secondary N) is 1. The van der Waals surface area contributed by atoms with Gasteiger partial charge in [0.15, 0.2) is 0 Å². The van der Waals surface area contributed by atoms with E-state index in [1.165, 1.54) is 13.2 Å². The van der Waals surface area contributed by atoms with E-state index < -0.39 is 17.7 Å². The van der Waals surface area contributed by atoms with Crippen LogP contribution in [0.3, 0.4) is 0 Å². The Labute approximate surface area is 91.4 Å². The molecule has 0 unspecified atom stereocenters. The van der Waals surface area contributed by atoms with Gasteiger partial charge in [0.25, 0.3) is 5.91 Å². The normalized spacial score (nSPS) is 9.62. The first-order valence-corrected chi connectivity index (χ1v) is 4.44. The van der Waals surface area contributed by atoms with Crippen molar-refractivity contribution >= 4 is 17.6 Å². The van der Waals surface area contributed by atoms with Crippen molar-refractivity contribution in [2.75, 3.05) is 19.4 Å². The van der Waals surface area contributed by atoms with Crippen molar-refractivity contribution in [1.29, 1.82) is 0 Å².